The van der Waals surface area contributed by atoms with Gasteiger partial charge in [0.05, 0.1) is 0 Å². The van der Waals surface area contributed by atoms with Crippen LogP contribution in [0, 0.1) is 5.92 Å². The van der Waals surface area contributed by atoms with Crippen LogP contribution >= 0.6 is 0 Å². The van der Waals surface area contributed by atoms with E-state index in [0.717, 1.165) is 19.0 Å². The minimum atomic E-state index is 0.669. The standard InChI is InChI=1S/C16H24N2/c1-18-12-15(13-7-3-2-4-8-13)17-11-14-9-5-6-10-16(14)18/h5-6,9-10,13,15,17H,2-4,7-8,11-12H2,1H3. The number of anilines is 1. The van der Waals surface area contributed by atoms with Gasteiger partial charge in [-0.25, -0.2) is 0 Å². The van der Waals surface area contributed by atoms with Crippen LogP contribution in [0.4, 0.5) is 5.69 Å². The summed E-state index contributed by atoms with van der Waals surface area (Å²) in [6.07, 6.45) is 7.14. The number of nitrogens with one attached hydrogen (secondary N) is 1. The summed E-state index contributed by atoms with van der Waals surface area (Å²) in [7, 11) is 2.24. The zero-order valence-electron chi connectivity index (χ0n) is 11.4. The van der Waals surface area contributed by atoms with Gasteiger partial charge in [0.2, 0.25) is 0 Å². The Morgan fingerprint density at radius 3 is 2.72 bits per heavy atom. The maximum absolute atomic E-state index is 3.80. The first-order chi connectivity index (χ1) is 8.84. The second-order valence-corrected chi connectivity index (χ2v) is 5.89. The van der Waals surface area contributed by atoms with Crippen LogP contribution in [0.5, 0.6) is 0 Å². The van der Waals surface area contributed by atoms with Crippen LogP contribution in [0.3, 0.4) is 0 Å². The van der Waals surface area contributed by atoms with Crippen LogP contribution < -0.4 is 10.2 Å². The average molecular weight is 244 g/mol. The van der Waals surface area contributed by atoms with Crippen LogP contribution in [0.2, 0.25) is 0 Å². The van der Waals surface area contributed by atoms with Crippen molar-refractivity contribution in [3.63, 3.8) is 0 Å². The quantitative estimate of drug-likeness (QED) is 0.816. The maximum Gasteiger partial charge on any atom is 0.0409 e. The molecule has 0 amide bonds. The van der Waals surface area contributed by atoms with E-state index in [9.17, 15) is 0 Å². The lowest BCUT2D eigenvalue weighted by Crippen LogP contribution is -2.43. The first-order valence-electron chi connectivity index (χ1n) is 7.37. The molecule has 1 fully saturated rings. The van der Waals surface area contributed by atoms with Gasteiger partial charge in [0.25, 0.3) is 0 Å². The first-order valence-corrected chi connectivity index (χ1v) is 7.37. The summed E-state index contributed by atoms with van der Waals surface area (Å²) in [5.41, 5.74) is 2.85. The van der Waals surface area contributed by atoms with Gasteiger partial charge in [0.15, 0.2) is 0 Å². The van der Waals surface area contributed by atoms with E-state index in [1.54, 1.807) is 0 Å². The zero-order valence-corrected chi connectivity index (χ0v) is 11.4. The van der Waals surface area contributed by atoms with Crippen molar-refractivity contribution in [1.29, 1.82) is 0 Å². The van der Waals surface area contributed by atoms with E-state index in [4.69, 9.17) is 0 Å². The molecule has 1 aromatic carbocycles. The summed E-state index contributed by atoms with van der Waals surface area (Å²) >= 11 is 0. The largest absolute Gasteiger partial charge is 0.373 e. The van der Waals surface area contributed by atoms with E-state index in [-0.39, 0.29) is 0 Å². The van der Waals surface area contributed by atoms with Crippen LogP contribution in [-0.4, -0.2) is 19.6 Å². The summed E-state index contributed by atoms with van der Waals surface area (Å²) < 4.78 is 0. The molecule has 2 heteroatoms. The van der Waals surface area contributed by atoms with Gasteiger partial charge in [-0.15, -0.1) is 0 Å². The Hall–Kier alpha value is -1.02. The summed E-state index contributed by atoms with van der Waals surface area (Å²) in [5.74, 6) is 0.885. The predicted molar refractivity (Wildman–Crippen MR) is 76.9 cm³/mol. The normalized spacial score (nSPS) is 25.6. The highest BCUT2D eigenvalue weighted by Gasteiger charge is 2.27. The van der Waals surface area contributed by atoms with Gasteiger partial charge in [-0.1, -0.05) is 37.5 Å². The van der Waals surface area contributed by atoms with E-state index in [1.165, 1.54) is 43.4 Å². The van der Waals surface area contributed by atoms with Crippen LogP contribution in [-0.2, 0) is 6.54 Å². The third kappa shape index (κ3) is 2.39. The molecular formula is C16H24N2. The molecule has 1 aliphatic heterocycles. The molecule has 3 rings (SSSR count). The molecule has 98 valence electrons. The molecule has 0 spiro atoms. The van der Waals surface area contributed by atoms with Gasteiger partial charge in [-0.3, -0.25) is 0 Å². The molecule has 1 aromatic rings. The molecule has 2 aliphatic rings. The second kappa shape index (κ2) is 5.31. The van der Waals surface area contributed by atoms with Crippen molar-refractivity contribution in [3.8, 4) is 0 Å². The number of fused-ring (bicyclic) bond motifs is 1. The fraction of sp³-hybridized carbons (Fsp3) is 0.625. The van der Waals surface area contributed by atoms with Gasteiger partial charge in [-0.2, -0.15) is 0 Å². The van der Waals surface area contributed by atoms with E-state index >= 15 is 0 Å². The lowest BCUT2D eigenvalue weighted by atomic mass is 9.83. The van der Waals surface area contributed by atoms with Crippen molar-refractivity contribution < 1.29 is 0 Å². The third-order valence-electron chi connectivity index (χ3n) is 4.65. The Kier molecular flexibility index (Phi) is 3.55. The van der Waals surface area contributed by atoms with Crippen molar-refractivity contribution in [2.24, 2.45) is 5.92 Å². The molecule has 1 unspecified atom stereocenters. The lowest BCUT2D eigenvalue weighted by molar-refractivity contribution is 0.272. The Balaban J connectivity index is 1.75. The molecule has 0 radical (unpaired) electrons. The Morgan fingerprint density at radius 1 is 1.11 bits per heavy atom. The topological polar surface area (TPSA) is 15.3 Å². The summed E-state index contributed by atoms with van der Waals surface area (Å²) in [6, 6.07) is 9.47. The second-order valence-electron chi connectivity index (χ2n) is 5.89. The van der Waals surface area contributed by atoms with Crippen molar-refractivity contribution in [2.75, 3.05) is 18.5 Å². The van der Waals surface area contributed by atoms with E-state index < -0.39 is 0 Å². The van der Waals surface area contributed by atoms with Gasteiger partial charge < -0.3 is 10.2 Å². The Bertz CT molecular complexity index is 396. The highest BCUT2D eigenvalue weighted by atomic mass is 15.2. The molecule has 0 aromatic heterocycles. The number of para-hydroxylation sites is 1. The van der Waals surface area contributed by atoms with Gasteiger partial charge in [0.1, 0.15) is 0 Å². The minimum absolute atomic E-state index is 0.669. The average Bonchev–Trinajstić information content (AvgIpc) is 2.60. The van der Waals surface area contributed by atoms with Crippen molar-refractivity contribution >= 4 is 5.69 Å². The molecule has 1 aliphatic carbocycles. The number of rotatable bonds is 1. The molecular weight excluding hydrogens is 220 g/mol. The highest BCUT2D eigenvalue weighted by Crippen LogP contribution is 2.30. The molecule has 0 saturated heterocycles. The van der Waals surface area contributed by atoms with Gasteiger partial charge >= 0.3 is 0 Å². The predicted octanol–water partition coefficient (Wildman–Crippen LogP) is 3.17. The summed E-state index contributed by atoms with van der Waals surface area (Å²) in [5, 5.41) is 3.80. The summed E-state index contributed by atoms with van der Waals surface area (Å²) in [4.78, 5) is 2.44. The smallest absolute Gasteiger partial charge is 0.0409 e. The molecule has 1 atom stereocenters. The number of hydrogen-bond donors (Lipinski definition) is 1. The maximum atomic E-state index is 3.80. The fourth-order valence-corrected chi connectivity index (χ4v) is 3.58. The van der Waals surface area contributed by atoms with E-state index in [2.05, 4.69) is 41.5 Å². The van der Waals surface area contributed by atoms with Crippen LogP contribution in [0.1, 0.15) is 37.7 Å². The van der Waals surface area contributed by atoms with Gasteiger partial charge in [-0.05, 0) is 30.4 Å². The number of nitrogens with zero attached hydrogens (tertiary/aromatic N) is 1. The third-order valence-corrected chi connectivity index (χ3v) is 4.65. The van der Waals surface area contributed by atoms with Crippen LogP contribution in [0.15, 0.2) is 24.3 Å². The SMILES string of the molecule is CN1CC(C2CCCCC2)NCc2ccccc21. The monoisotopic (exact) mass is 244 g/mol. The molecule has 0 bridgehead atoms. The minimum Gasteiger partial charge on any atom is -0.373 e. The van der Waals surface area contributed by atoms with E-state index in [0.29, 0.717) is 6.04 Å². The highest BCUT2D eigenvalue weighted by molar-refractivity contribution is 5.53. The molecule has 2 nitrogen and oxygen atoms in total. The molecule has 1 N–H and O–H groups in total. The molecule has 1 saturated carbocycles. The van der Waals surface area contributed by atoms with Crippen molar-refractivity contribution in [3.05, 3.63) is 29.8 Å². The summed E-state index contributed by atoms with van der Waals surface area (Å²) in [6.45, 7) is 2.18. The molecule has 18 heavy (non-hydrogen) atoms. The fourth-order valence-electron chi connectivity index (χ4n) is 3.58. The zero-order chi connectivity index (χ0) is 12.4. The van der Waals surface area contributed by atoms with Crippen LogP contribution in [0.25, 0.3) is 0 Å². The number of likely N-dealkylation sites (N-methyl/N-ethyl adjacent to an activating group) is 1. The van der Waals surface area contributed by atoms with Crippen molar-refractivity contribution in [1.82, 2.24) is 5.32 Å². The number of hydrogen-bond acceptors (Lipinski definition) is 2. The van der Waals surface area contributed by atoms with Crippen molar-refractivity contribution in [2.45, 2.75) is 44.7 Å². The first kappa shape index (κ1) is 12.0. The molecule has 1 heterocycles. The number of benzene rings is 1. The van der Waals surface area contributed by atoms with Gasteiger partial charge in [0, 0.05) is 31.9 Å². The Labute approximate surface area is 110 Å². The van der Waals surface area contributed by atoms with E-state index in [1.807, 2.05) is 0 Å². The Morgan fingerprint density at radius 2 is 1.89 bits per heavy atom. The lowest BCUT2D eigenvalue weighted by Gasteiger charge is -2.32.